The number of benzene rings is 1. The first kappa shape index (κ1) is 18.3. The summed E-state index contributed by atoms with van der Waals surface area (Å²) in [5, 5.41) is 9.15. The summed E-state index contributed by atoms with van der Waals surface area (Å²) in [6.07, 6.45) is 8.30. The van der Waals surface area contributed by atoms with Crippen molar-refractivity contribution < 1.29 is 0 Å². The van der Waals surface area contributed by atoms with Crippen LogP contribution in [0, 0.1) is 0 Å². The van der Waals surface area contributed by atoms with Crippen LogP contribution in [0.1, 0.15) is 58.6 Å². The minimum atomic E-state index is -0.0354. The Kier molecular flexibility index (Phi) is 4.85. The highest BCUT2D eigenvalue weighted by Crippen LogP contribution is 2.31. The highest BCUT2D eigenvalue weighted by molar-refractivity contribution is 6.30. The van der Waals surface area contributed by atoms with Crippen molar-refractivity contribution in [1.29, 1.82) is 0 Å². The molecule has 4 rings (SSSR count). The molecule has 5 heteroatoms. The number of halogens is 1. The molecular formula is C22H27ClN4. The lowest BCUT2D eigenvalue weighted by Crippen LogP contribution is -2.25. The second-order valence-corrected chi connectivity index (χ2v) is 8.99. The standard InChI is InChI=1S/C22H27ClN4/c1-22(2,3)19-13-20(25-17-7-5-4-6-8-17)27-21(26-19)18(14-24-27)15-9-11-16(23)12-10-15/h9-14,17,25H,4-8H2,1-3H3. The fourth-order valence-electron chi connectivity index (χ4n) is 3.74. The predicted octanol–water partition coefficient (Wildman–Crippen LogP) is 6.09. The van der Waals surface area contributed by atoms with Gasteiger partial charge in [-0.2, -0.15) is 9.61 Å². The second kappa shape index (κ2) is 7.16. The first-order chi connectivity index (χ1) is 12.9. The quantitative estimate of drug-likeness (QED) is 0.595. The van der Waals surface area contributed by atoms with E-state index in [4.69, 9.17) is 16.6 Å². The minimum Gasteiger partial charge on any atom is -0.367 e. The van der Waals surface area contributed by atoms with Crippen LogP contribution in [0.15, 0.2) is 36.5 Å². The fourth-order valence-corrected chi connectivity index (χ4v) is 3.87. The van der Waals surface area contributed by atoms with Gasteiger partial charge in [-0.05, 0) is 30.5 Å². The van der Waals surface area contributed by atoms with Crippen molar-refractivity contribution >= 4 is 23.1 Å². The van der Waals surface area contributed by atoms with Crippen LogP contribution in [0.4, 0.5) is 5.82 Å². The zero-order chi connectivity index (χ0) is 19.0. The Hall–Kier alpha value is -2.07. The third-order valence-electron chi connectivity index (χ3n) is 5.35. The van der Waals surface area contributed by atoms with E-state index in [1.54, 1.807) is 0 Å². The molecule has 2 heterocycles. The second-order valence-electron chi connectivity index (χ2n) is 8.56. The molecule has 0 unspecified atom stereocenters. The normalized spacial score (nSPS) is 16.0. The summed E-state index contributed by atoms with van der Waals surface area (Å²) in [5.74, 6) is 1.04. The molecule has 4 nitrogen and oxygen atoms in total. The van der Waals surface area contributed by atoms with Gasteiger partial charge in [0.15, 0.2) is 5.65 Å². The molecular weight excluding hydrogens is 356 g/mol. The summed E-state index contributed by atoms with van der Waals surface area (Å²) >= 11 is 6.06. The molecule has 0 aliphatic heterocycles. The van der Waals surface area contributed by atoms with Crippen LogP contribution in [-0.2, 0) is 5.41 Å². The number of hydrogen-bond acceptors (Lipinski definition) is 3. The van der Waals surface area contributed by atoms with Crippen LogP contribution in [-0.4, -0.2) is 20.6 Å². The van der Waals surface area contributed by atoms with Crippen LogP contribution >= 0.6 is 11.6 Å². The highest BCUT2D eigenvalue weighted by atomic mass is 35.5. The Bertz CT molecular complexity index is 931. The number of nitrogens with zero attached hydrogens (tertiary/aromatic N) is 3. The molecule has 2 aromatic heterocycles. The van der Waals surface area contributed by atoms with Gasteiger partial charge in [-0.25, -0.2) is 4.98 Å². The van der Waals surface area contributed by atoms with Crippen molar-refractivity contribution in [2.24, 2.45) is 0 Å². The van der Waals surface area contributed by atoms with Gasteiger partial charge in [0.2, 0.25) is 0 Å². The summed E-state index contributed by atoms with van der Waals surface area (Å²) < 4.78 is 1.95. The third kappa shape index (κ3) is 3.81. The van der Waals surface area contributed by atoms with Crippen LogP contribution in [0.2, 0.25) is 5.02 Å². The van der Waals surface area contributed by atoms with Gasteiger partial charge < -0.3 is 5.32 Å². The number of fused-ring (bicyclic) bond motifs is 1. The first-order valence-corrected chi connectivity index (χ1v) is 10.2. The zero-order valence-corrected chi connectivity index (χ0v) is 17.1. The van der Waals surface area contributed by atoms with Gasteiger partial charge in [-0.3, -0.25) is 0 Å². The Balaban J connectivity index is 1.82. The number of aromatic nitrogens is 3. The summed E-state index contributed by atoms with van der Waals surface area (Å²) in [7, 11) is 0. The van der Waals surface area contributed by atoms with Crippen molar-refractivity contribution in [1.82, 2.24) is 14.6 Å². The molecule has 1 aromatic carbocycles. The summed E-state index contributed by atoms with van der Waals surface area (Å²) in [6, 6.07) is 10.6. The summed E-state index contributed by atoms with van der Waals surface area (Å²) in [6.45, 7) is 6.61. The fraction of sp³-hybridized carbons (Fsp3) is 0.455. The topological polar surface area (TPSA) is 42.2 Å². The van der Waals surface area contributed by atoms with Crippen LogP contribution in [0.25, 0.3) is 16.8 Å². The maximum Gasteiger partial charge on any atom is 0.165 e. The lowest BCUT2D eigenvalue weighted by Gasteiger charge is -2.25. The average molecular weight is 383 g/mol. The predicted molar refractivity (Wildman–Crippen MR) is 113 cm³/mol. The monoisotopic (exact) mass is 382 g/mol. The lowest BCUT2D eigenvalue weighted by molar-refractivity contribution is 0.460. The summed E-state index contributed by atoms with van der Waals surface area (Å²) in [4.78, 5) is 4.99. The van der Waals surface area contributed by atoms with Crippen LogP contribution in [0.5, 0.6) is 0 Å². The molecule has 1 aliphatic carbocycles. The van der Waals surface area contributed by atoms with Crippen molar-refractivity contribution in [3.05, 3.63) is 47.2 Å². The van der Waals surface area contributed by atoms with Gasteiger partial charge in [0.05, 0.1) is 11.9 Å². The van der Waals surface area contributed by atoms with E-state index >= 15 is 0 Å². The number of hydrogen-bond donors (Lipinski definition) is 1. The Morgan fingerprint density at radius 3 is 2.44 bits per heavy atom. The van der Waals surface area contributed by atoms with E-state index in [1.807, 2.05) is 35.0 Å². The van der Waals surface area contributed by atoms with Crippen molar-refractivity contribution in [3.63, 3.8) is 0 Å². The first-order valence-electron chi connectivity index (χ1n) is 9.83. The molecule has 1 N–H and O–H groups in total. The van der Waals surface area contributed by atoms with Crippen molar-refractivity contribution in [2.75, 3.05) is 5.32 Å². The van der Waals surface area contributed by atoms with Gasteiger partial charge in [0.1, 0.15) is 5.82 Å². The van der Waals surface area contributed by atoms with Gasteiger partial charge >= 0.3 is 0 Å². The molecule has 0 spiro atoms. The Morgan fingerprint density at radius 2 is 1.78 bits per heavy atom. The maximum atomic E-state index is 6.06. The van der Waals surface area contributed by atoms with E-state index in [0.717, 1.165) is 33.3 Å². The maximum absolute atomic E-state index is 6.06. The minimum absolute atomic E-state index is 0.0354. The molecule has 0 bridgehead atoms. The van der Waals surface area contributed by atoms with Gasteiger partial charge in [0, 0.05) is 28.1 Å². The molecule has 27 heavy (non-hydrogen) atoms. The zero-order valence-electron chi connectivity index (χ0n) is 16.3. The molecule has 3 aromatic rings. The lowest BCUT2D eigenvalue weighted by atomic mass is 9.91. The number of rotatable bonds is 3. The number of anilines is 1. The average Bonchev–Trinajstić information content (AvgIpc) is 3.07. The highest BCUT2D eigenvalue weighted by Gasteiger charge is 2.22. The van der Waals surface area contributed by atoms with Gasteiger partial charge in [-0.1, -0.05) is 63.8 Å². The van der Waals surface area contributed by atoms with Crippen molar-refractivity contribution in [3.8, 4) is 11.1 Å². The molecule has 1 aliphatic rings. The summed E-state index contributed by atoms with van der Waals surface area (Å²) in [5.41, 5.74) is 4.04. The van der Waals surface area contributed by atoms with E-state index in [-0.39, 0.29) is 5.41 Å². The van der Waals surface area contributed by atoms with Crippen LogP contribution < -0.4 is 5.32 Å². The van der Waals surface area contributed by atoms with Crippen LogP contribution in [0.3, 0.4) is 0 Å². The smallest absolute Gasteiger partial charge is 0.165 e. The molecule has 0 radical (unpaired) electrons. The number of nitrogens with one attached hydrogen (secondary N) is 1. The van der Waals surface area contributed by atoms with Gasteiger partial charge in [-0.15, -0.1) is 0 Å². The Morgan fingerprint density at radius 1 is 1.07 bits per heavy atom. The third-order valence-corrected chi connectivity index (χ3v) is 5.60. The van der Waals surface area contributed by atoms with E-state index in [1.165, 1.54) is 32.1 Å². The Labute approximate surface area is 166 Å². The molecule has 1 fully saturated rings. The van der Waals surface area contributed by atoms with E-state index in [9.17, 15) is 0 Å². The van der Waals surface area contributed by atoms with E-state index in [2.05, 4.69) is 37.3 Å². The SMILES string of the molecule is CC(C)(C)c1cc(NC2CCCCC2)n2ncc(-c3ccc(Cl)cc3)c2n1. The van der Waals surface area contributed by atoms with Crippen molar-refractivity contribution in [2.45, 2.75) is 64.3 Å². The van der Waals surface area contributed by atoms with E-state index in [0.29, 0.717) is 6.04 Å². The van der Waals surface area contributed by atoms with Gasteiger partial charge in [0.25, 0.3) is 0 Å². The largest absolute Gasteiger partial charge is 0.367 e. The molecule has 1 saturated carbocycles. The molecule has 0 atom stereocenters. The molecule has 0 amide bonds. The molecule has 142 valence electrons. The molecule has 0 saturated heterocycles. The van der Waals surface area contributed by atoms with E-state index < -0.39 is 0 Å².